The van der Waals surface area contributed by atoms with Crippen LogP contribution in [0.15, 0.2) is 0 Å². The van der Waals surface area contributed by atoms with E-state index in [9.17, 15) is 26.7 Å². The first kappa shape index (κ1) is 16.1. The number of hydrogen-bond acceptors (Lipinski definition) is 2. The third kappa shape index (κ3) is 3.77. The summed E-state index contributed by atoms with van der Waals surface area (Å²) in [6.45, 7) is 0.629. The number of likely N-dealkylation sites (tertiary alicyclic amines) is 1. The van der Waals surface area contributed by atoms with Crippen molar-refractivity contribution < 1.29 is 26.7 Å². The smallest absolute Gasteiger partial charge is 0.337 e. The molecule has 0 N–H and O–H groups in total. The van der Waals surface area contributed by atoms with Gasteiger partial charge >= 0.3 is 18.0 Å². The molecular formula is C11H17F5N2O. The van der Waals surface area contributed by atoms with Crippen LogP contribution in [0.4, 0.5) is 22.0 Å². The van der Waals surface area contributed by atoms with E-state index in [1.807, 2.05) is 19.0 Å². The molecule has 112 valence electrons. The second-order valence-corrected chi connectivity index (χ2v) is 5.07. The highest BCUT2D eigenvalue weighted by Crippen LogP contribution is 2.37. The second-order valence-electron chi connectivity index (χ2n) is 5.07. The summed E-state index contributed by atoms with van der Waals surface area (Å²) in [4.78, 5) is 13.8. The summed E-state index contributed by atoms with van der Waals surface area (Å²) in [5.41, 5.74) is 0. The minimum atomic E-state index is -5.83. The molecule has 0 saturated carbocycles. The van der Waals surface area contributed by atoms with Gasteiger partial charge in [-0.3, -0.25) is 4.79 Å². The van der Waals surface area contributed by atoms with Crippen molar-refractivity contribution in [1.29, 1.82) is 0 Å². The molecular weight excluding hydrogens is 271 g/mol. The molecule has 19 heavy (non-hydrogen) atoms. The maximum Gasteiger partial charge on any atom is 0.463 e. The predicted molar refractivity (Wildman–Crippen MR) is 58.9 cm³/mol. The number of rotatable bonds is 3. The van der Waals surface area contributed by atoms with Gasteiger partial charge in [0, 0.05) is 19.6 Å². The van der Waals surface area contributed by atoms with Crippen molar-refractivity contribution in [1.82, 2.24) is 9.80 Å². The van der Waals surface area contributed by atoms with Gasteiger partial charge in [0.25, 0.3) is 0 Å². The van der Waals surface area contributed by atoms with Gasteiger partial charge in [-0.25, -0.2) is 0 Å². The molecule has 0 bridgehead atoms. The normalized spacial score (nSPS) is 19.1. The van der Waals surface area contributed by atoms with E-state index in [2.05, 4.69) is 0 Å². The fourth-order valence-corrected chi connectivity index (χ4v) is 2.15. The van der Waals surface area contributed by atoms with Crippen LogP contribution in [0.2, 0.25) is 0 Å². The first-order chi connectivity index (χ1) is 8.55. The lowest BCUT2D eigenvalue weighted by atomic mass is 9.96. The van der Waals surface area contributed by atoms with Crippen molar-refractivity contribution in [2.24, 2.45) is 5.92 Å². The van der Waals surface area contributed by atoms with Crippen LogP contribution in [0.3, 0.4) is 0 Å². The van der Waals surface area contributed by atoms with Gasteiger partial charge in [0.05, 0.1) is 0 Å². The second kappa shape index (κ2) is 5.60. The molecule has 1 aliphatic rings. The lowest BCUT2D eigenvalue weighted by Crippen LogP contribution is -2.54. The highest BCUT2D eigenvalue weighted by molar-refractivity contribution is 5.84. The summed E-state index contributed by atoms with van der Waals surface area (Å²) >= 11 is 0. The van der Waals surface area contributed by atoms with E-state index in [0.717, 1.165) is 6.54 Å². The van der Waals surface area contributed by atoms with E-state index in [-0.39, 0.29) is 19.0 Å². The van der Waals surface area contributed by atoms with E-state index in [0.29, 0.717) is 17.7 Å². The number of hydrogen-bond donors (Lipinski definition) is 0. The maximum atomic E-state index is 12.9. The Balaban J connectivity index is 2.59. The minimum Gasteiger partial charge on any atom is -0.337 e. The third-order valence-corrected chi connectivity index (χ3v) is 3.15. The molecule has 8 heteroatoms. The molecule has 0 atom stereocenters. The Kier molecular flexibility index (Phi) is 4.76. The Morgan fingerprint density at radius 2 is 1.63 bits per heavy atom. The molecule has 0 aromatic rings. The number of piperidine rings is 1. The molecule has 0 spiro atoms. The van der Waals surface area contributed by atoms with E-state index in [4.69, 9.17) is 0 Å². The highest BCUT2D eigenvalue weighted by Gasteiger charge is 2.64. The highest BCUT2D eigenvalue weighted by atomic mass is 19.4. The standard InChI is InChI=1S/C11H17F5N2O/c1-17(2)7-8-3-5-18(6-4-8)9(19)10(12,13)11(14,15)16/h8H,3-7H2,1-2H3. The number of carbonyl (C=O) groups is 1. The zero-order chi connectivity index (χ0) is 14.8. The van der Waals surface area contributed by atoms with Crippen molar-refractivity contribution in [3.63, 3.8) is 0 Å². The zero-order valence-electron chi connectivity index (χ0n) is 10.8. The molecule has 0 aliphatic carbocycles. The molecule has 0 aromatic heterocycles. The van der Waals surface area contributed by atoms with Crippen LogP contribution in [-0.2, 0) is 4.79 Å². The first-order valence-corrected chi connectivity index (χ1v) is 5.94. The van der Waals surface area contributed by atoms with Crippen LogP contribution in [0.5, 0.6) is 0 Å². The SMILES string of the molecule is CN(C)CC1CCN(C(=O)C(F)(F)C(F)(F)F)CC1. The van der Waals surface area contributed by atoms with Crippen LogP contribution >= 0.6 is 0 Å². The van der Waals surface area contributed by atoms with Crippen LogP contribution in [-0.4, -0.2) is 61.5 Å². The van der Waals surface area contributed by atoms with Crippen LogP contribution in [0.1, 0.15) is 12.8 Å². The molecule has 1 aliphatic heterocycles. The zero-order valence-corrected chi connectivity index (χ0v) is 10.8. The molecule has 1 fully saturated rings. The maximum absolute atomic E-state index is 12.9. The largest absolute Gasteiger partial charge is 0.463 e. The fraction of sp³-hybridized carbons (Fsp3) is 0.909. The van der Waals surface area contributed by atoms with Gasteiger partial charge < -0.3 is 9.80 Å². The Hall–Kier alpha value is -0.920. The molecule has 1 saturated heterocycles. The Labute approximate surface area is 108 Å². The Morgan fingerprint density at radius 1 is 1.16 bits per heavy atom. The summed E-state index contributed by atoms with van der Waals surface area (Å²) in [5, 5.41) is 0. The van der Waals surface area contributed by atoms with Gasteiger partial charge in [0.2, 0.25) is 0 Å². The first-order valence-electron chi connectivity index (χ1n) is 5.94. The molecule has 3 nitrogen and oxygen atoms in total. The average molecular weight is 288 g/mol. The summed E-state index contributed by atoms with van der Waals surface area (Å²) < 4.78 is 62.0. The number of amides is 1. The van der Waals surface area contributed by atoms with Crippen molar-refractivity contribution in [2.75, 3.05) is 33.7 Å². The van der Waals surface area contributed by atoms with E-state index < -0.39 is 18.0 Å². The number of alkyl halides is 5. The molecule has 1 heterocycles. The Bertz CT molecular complexity index is 322. The van der Waals surface area contributed by atoms with Gasteiger partial charge in [-0.1, -0.05) is 0 Å². The predicted octanol–water partition coefficient (Wildman–Crippen LogP) is 1.98. The number of halogens is 5. The summed E-state index contributed by atoms with van der Waals surface area (Å²) in [5.74, 6) is -7.21. The molecule has 1 rings (SSSR count). The minimum absolute atomic E-state index is 0.0526. The van der Waals surface area contributed by atoms with Gasteiger partial charge in [-0.15, -0.1) is 0 Å². The van der Waals surface area contributed by atoms with Crippen molar-refractivity contribution in [3.05, 3.63) is 0 Å². The monoisotopic (exact) mass is 288 g/mol. The Morgan fingerprint density at radius 3 is 2.00 bits per heavy atom. The van der Waals surface area contributed by atoms with Gasteiger partial charge in [-0.2, -0.15) is 22.0 Å². The average Bonchev–Trinajstić information content (AvgIpc) is 2.26. The summed E-state index contributed by atoms with van der Waals surface area (Å²) in [6.07, 6.45) is -4.94. The van der Waals surface area contributed by atoms with E-state index in [1.165, 1.54) is 0 Å². The third-order valence-electron chi connectivity index (χ3n) is 3.15. The molecule has 0 radical (unpaired) electrons. The fourth-order valence-electron chi connectivity index (χ4n) is 2.15. The van der Waals surface area contributed by atoms with Crippen molar-refractivity contribution in [3.8, 4) is 0 Å². The van der Waals surface area contributed by atoms with E-state index in [1.54, 1.807) is 0 Å². The van der Waals surface area contributed by atoms with Crippen LogP contribution in [0, 0.1) is 5.92 Å². The topological polar surface area (TPSA) is 23.6 Å². The molecule has 1 amide bonds. The number of carbonyl (C=O) groups excluding carboxylic acids is 1. The summed E-state index contributed by atoms with van der Waals surface area (Å²) in [6, 6.07) is 0. The van der Waals surface area contributed by atoms with E-state index >= 15 is 0 Å². The van der Waals surface area contributed by atoms with Crippen molar-refractivity contribution >= 4 is 5.91 Å². The van der Waals surface area contributed by atoms with Gasteiger partial charge in [0.15, 0.2) is 0 Å². The van der Waals surface area contributed by atoms with Gasteiger partial charge in [-0.05, 0) is 32.9 Å². The summed E-state index contributed by atoms with van der Waals surface area (Å²) in [7, 11) is 3.71. The van der Waals surface area contributed by atoms with Crippen LogP contribution < -0.4 is 0 Å². The van der Waals surface area contributed by atoms with Crippen molar-refractivity contribution in [2.45, 2.75) is 24.9 Å². The molecule has 0 unspecified atom stereocenters. The molecule has 0 aromatic carbocycles. The lowest BCUT2D eigenvalue weighted by Gasteiger charge is -2.35. The lowest BCUT2D eigenvalue weighted by molar-refractivity contribution is -0.274. The quantitative estimate of drug-likeness (QED) is 0.741. The van der Waals surface area contributed by atoms with Gasteiger partial charge in [0.1, 0.15) is 0 Å². The van der Waals surface area contributed by atoms with Crippen LogP contribution in [0.25, 0.3) is 0 Å². The number of nitrogens with zero attached hydrogens (tertiary/aromatic N) is 2.